The molecule has 0 fully saturated rings. The van der Waals surface area contributed by atoms with Crippen LogP contribution in [-0.4, -0.2) is 24.9 Å². The lowest BCUT2D eigenvalue weighted by molar-refractivity contribution is 0.235. The maximum atomic E-state index is 12.8. The van der Waals surface area contributed by atoms with Gasteiger partial charge in [-0.15, -0.1) is 0 Å². The van der Waals surface area contributed by atoms with Gasteiger partial charge in [0.25, 0.3) is 10.0 Å². The van der Waals surface area contributed by atoms with Crippen molar-refractivity contribution in [2.24, 2.45) is 0 Å². The quantitative estimate of drug-likeness (QED) is 0.913. The summed E-state index contributed by atoms with van der Waals surface area (Å²) in [5.74, 6) is -0.198. The first-order valence-corrected chi connectivity index (χ1v) is 7.28. The van der Waals surface area contributed by atoms with E-state index in [1.807, 2.05) is 0 Å². The van der Waals surface area contributed by atoms with Crippen LogP contribution >= 0.6 is 0 Å². The van der Waals surface area contributed by atoms with E-state index in [1.54, 1.807) is 0 Å². The van der Waals surface area contributed by atoms with Gasteiger partial charge in [-0.25, -0.2) is 12.8 Å². The monoisotopic (exact) mass is 299 g/mol. The molecule has 5 nitrogen and oxygen atoms in total. The predicted molar refractivity (Wildman–Crippen MR) is 69.7 cm³/mol. The Hall–Kier alpha value is -1.70. The minimum absolute atomic E-state index is 0.0950. The topological polar surface area (TPSA) is 70.8 Å². The van der Waals surface area contributed by atoms with E-state index in [1.165, 1.54) is 43.4 Å². The Morgan fingerprint density at radius 1 is 1.20 bits per heavy atom. The Balaban J connectivity index is 2.18. The molecule has 2 rings (SSSR count). The molecule has 0 radical (unpaired) electrons. The normalized spacial score (nSPS) is 12.0. The number of hydrogen-bond acceptors (Lipinski definition) is 4. The van der Waals surface area contributed by atoms with Crippen molar-refractivity contribution >= 4 is 10.0 Å². The van der Waals surface area contributed by atoms with Gasteiger partial charge in [-0.2, -0.15) is 4.31 Å². The van der Waals surface area contributed by atoms with Crippen LogP contribution in [0.5, 0.6) is 0 Å². The number of rotatable bonds is 5. The average molecular weight is 299 g/mol. The highest BCUT2D eigenvalue weighted by atomic mass is 32.2. The fourth-order valence-electron chi connectivity index (χ4n) is 1.67. The number of furan rings is 1. The van der Waals surface area contributed by atoms with Crippen molar-refractivity contribution in [3.05, 3.63) is 53.5 Å². The van der Waals surface area contributed by atoms with Gasteiger partial charge >= 0.3 is 0 Å². The molecule has 1 aromatic carbocycles. The second kappa shape index (κ2) is 5.74. The smallest absolute Gasteiger partial charge is 0.276 e. The lowest BCUT2D eigenvalue weighted by Gasteiger charge is -2.15. The number of aliphatic hydroxyl groups is 1. The van der Waals surface area contributed by atoms with E-state index < -0.39 is 10.0 Å². The Bertz CT molecular complexity index is 679. The average Bonchev–Trinajstić information content (AvgIpc) is 2.90. The maximum absolute atomic E-state index is 12.8. The molecule has 0 saturated heterocycles. The third-order valence-electron chi connectivity index (χ3n) is 2.78. The van der Waals surface area contributed by atoms with Gasteiger partial charge in [0.05, 0.1) is 0 Å². The van der Waals surface area contributed by atoms with E-state index in [4.69, 9.17) is 9.52 Å². The first-order chi connectivity index (χ1) is 9.43. The third kappa shape index (κ3) is 3.06. The number of halogens is 1. The molecule has 2 aromatic rings. The fourth-order valence-corrected chi connectivity index (χ4v) is 2.75. The molecule has 0 bridgehead atoms. The third-order valence-corrected chi connectivity index (χ3v) is 4.45. The summed E-state index contributed by atoms with van der Waals surface area (Å²) in [5, 5.41) is 8.65. The second-order valence-corrected chi connectivity index (χ2v) is 6.24. The maximum Gasteiger partial charge on any atom is 0.276 e. The molecule has 0 amide bonds. The lowest BCUT2D eigenvalue weighted by atomic mass is 10.2. The minimum Gasteiger partial charge on any atom is -0.446 e. The summed E-state index contributed by atoms with van der Waals surface area (Å²) in [6, 6.07) is 8.27. The molecule has 0 unspecified atom stereocenters. The molecule has 1 aromatic heterocycles. The lowest BCUT2D eigenvalue weighted by Crippen LogP contribution is -2.26. The van der Waals surface area contributed by atoms with Crippen molar-refractivity contribution in [2.45, 2.75) is 18.2 Å². The van der Waals surface area contributed by atoms with Gasteiger partial charge in [-0.05, 0) is 29.8 Å². The summed E-state index contributed by atoms with van der Waals surface area (Å²) in [5.41, 5.74) is 0.659. The van der Waals surface area contributed by atoms with Crippen LogP contribution in [0.25, 0.3) is 0 Å². The zero-order valence-electron chi connectivity index (χ0n) is 10.8. The molecule has 20 heavy (non-hydrogen) atoms. The number of sulfonamides is 1. The second-order valence-electron chi connectivity index (χ2n) is 4.27. The van der Waals surface area contributed by atoms with Crippen molar-refractivity contribution in [3.63, 3.8) is 0 Å². The van der Waals surface area contributed by atoms with Crippen LogP contribution in [0.2, 0.25) is 0 Å². The molecule has 0 saturated carbocycles. The molecule has 0 aliphatic carbocycles. The Morgan fingerprint density at radius 3 is 2.40 bits per heavy atom. The summed E-state index contributed by atoms with van der Waals surface area (Å²) in [7, 11) is -2.37. The molecule has 1 heterocycles. The van der Waals surface area contributed by atoms with E-state index in [0.29, 0.717) is 5.56 Å². The van der Waals surface area contributed by atoms with Gasteiger partial charge < -0.3 is 9.52 Å². The summed E-state index contributed by atoms with van der Waals surface area (Å²) in [6.07, 6.45) is 0. The SMILES string of the molecule is CN(Cc1ccc(F)cc1)S(=O)(=O)c1ccc(CO)o1. The van der Waals surface area contributed by atoms with Crippen LogP contribution in [0.4, 0.5) is 4.39 Å². The summed E-state index contributed by atoms with van der Waals surface area (Å²) < 4.78 is 43.3. The van der Waals surface area contributed by atoms with Crippen LogP contribution in [0.15, 0.2) is 45.9 Å². The predicted octanol–water partition coefficient (Wildman–Crippen LogP) is 1.73. The largest absolute Gasteiger partial charge is 0.446 e. The van der Waals surface area contributed by atoms with Crippen LogP contribution in [0.3, 0.4) is 0 Å². The van der Waals surface area contributed by atoms with E-state index >= 15 is 0 Å². The number of aliphatic hydroxyl groups excluding tert-OH is 1. The number of nitrogens with zero attached hydrogens (tertiary/aromatic N) is 1. The van der Waals surface area contributed by atoms with Crippen molar-refractivity contribution in [1.82, 2.24) is 4.31 Å². The Morgan fingerprint density at radius 2 is 1.85 bits per heavy atom. The Labute approximate surface area is 116 Å². The molecule has 7 heteroatoms. The van der Waals surface area contributed by atoms with Gasteiger partial charge in [0.15, 0.2) is 0 Å². The highest BCUT2D eigenvalue weighted by molar-refractivity contribution is 7.88. The summed E-state index contributed by atoms with van der Waals surface area (Å²) in [4.78, 5) is 0. The molecule has 0 spiro atoms. The highest BCUT2D eigenvalue weighted by Crippen LogP contribution is 2.19. The van der Waals surface area contributed by atoms with E-state index in [9.17, 15) is 12.8 Å². The molecular weight excluding hydrogens is 285 g/mol. The minimum atomic E-state index is -3.77. The summed E-state index contributed by atoms with van der Waals surface area (Å²) in [6.45, 7) is -0.269. The standard InChI is InChI=1S/C13H14FNO4S/c1-15(8-10-2-4-11(14)5-3-10)20(17,18)13-7-6-12(9-16)19-13/h2-7,16H,8-9H2,1H3. The molecular formula is C13H14FNO4S. The number of benzene rings is 1. The molecule has 0 atom stereocenters. The van der Waals surface area contributed by atoms with Crippen molar-refractivity contribution < 1.29 is 22.3 Å². The molecule has 0 aliphatic heterocycles. The molecule has 0 aliphatic rings. The van der Waals surface area contributed by atoms with Gasteiger partial charge in [-0.3, -0.25) is 0 Å². The Kier molecular flexibility index (Phi) is 4.22. The molecule has 108 valence electrons. The van der Waals surface area contributed by atoms with Crippen molar-refractivity contribution in [3.8, 4) is 0 Å². The van der Waals surface area contributed by atoms with Crippen LogP contribution < -0.4 is 0 Å². The zero-order valence-corrected chi connectivity index (χ0v) is 11.6. The van der Waals surface area contributed by atoms with E-state index in [2.05, 4.69) is 0 Å². The molecule has 1 N–H and O–H groups in total. The van der Waals surface area contributed by atoms with E-state index in [0.717, 1.165) is 4.31 Å². The number of hydrogen-bond donors (Lipinski definition) is 1. The van der Waals surface area contributed by atoms with Gasteiger partial charge in [0, 0.05) is 13.6 Å². The van der Waals surface area contributed by atoms with Gasteiger partial charge in [0.1, 0.15) is 18.2 Å². The van der Waals surface area contributed by atoms with Crippen molar-refractivity contribution in [2.75, 3.05) is 7.05 Å². The van der Waals surface area contributed by atoms with Gasteiger partial charge in [0.2, 0.25) is 5.09 Å². The van der Waals surface area contributed by atoms with Gasteiger partial charge in [-0.1, -0.05) is 12.1 Å². The van der Waals surface area contributed by atoms with E-state index in [-0.39, 0.29) is 29.8 Å². The first kappa shape index (κ1) is 14.7. The first-order valence-electron chi connectivity index (χ1n) is 5.84. The zero-order chi connectivity index (χ0) is 14.8. The van der Waals surface area contributed by atoms with Crippen LogP contribution in [-0.2, 0) is 23.2 Å². The van der Waals surface area contributed by atoms with Crippen LogP contribution in [0.1, 0.15) is 11.3 Å². The summed E-state index contributed by atoms with van der Waals surface area (Å²) >= 11 is 0. The highest BCUT2D eigenvalue weighted by Gasteiger charge is 2.24. The van der Waals surface area contributed by atoms with Crippen molar-refractivity contribution in [1.29, 1.82) is 0 Å². The fraction of sp³-hybridized carbons (Fsp3) is 0.231. The van der Waals surface area contributed by atoms with Crippen LogP contribution in [0, 0.1) is 5.82 Å².